The van der Waals surface area contributed by atoms with Crippen molar-refractivity contribution >= 4 is 24.0 Å². The number of amides is 1. The predicted molar refractivity (Wildman–Crippen MR) is 103 cm³/mol. The zero-order valence-corrected chi connectivity index (χ0v) is 16.1. The Morgan fingerprint density at radius 2 is 2.08 bits per heavy atom. The van der Waals surface area contributed by atoms with Gasteiger partial charge in [-0.15, -0.1) is 12.4 Å². The number of hydrogen-bond acceptors (Lipinski definition) is 4. The van der Waals surface area contributed by atoms with Gasteiger partial charge >= 0.3 is 0 Å². The van der Waals surface area contributed by atoms with E-state index in [2.05, 4.69) is 5.32 Å². The third-order valence-corrected chi connectivity index (χ3v) is 4.61. The summed E-state index contributed by atoms with van der Waals surface area (Å²) in [4.78, 5) is 12.6. The van der Waals surface area contributed by atoms with Gasteiger partial charge in [0.15, 0.2) is 0 Å². The van der Waals surface area contributed by atoms with Gasteiger partial charge in [0, 0.05) is 17.8 Å². The number of nitrogens with two attached hydrogens (primary N) is 1. The minimum Gasteiger partial charge on any atom is -0.379 e. The number of halogens is 1. The molecule has 1 aliphatic rings. The van der Waals surface area contributed by atoms with Crippen LogP contribution in [0.2, 0.25) is 0 Å². The molecule has 1 fully saturated rings. The van der Waals surface area contributed by atoms with E-state index >= 15 is 0 Å². The largest absolute Gasteiger partial charge is 0.379 e. The van der Waals surface area contributed by atoms with Gasteiger partial charge in [-0.1, -0.05) is 25.0 Å². The zero-order chi connectivity index (χ0) is 17.4. The van der Waals surface area contributed by atoms with Crippen molar-refractivity contribution in [3.05, 3.63) is 29.8 Å². The second kappa shape index (κ2) is 10.8. The molecule has 1 aliphatic carbocycles. The molecule has 0 aromatic heterocycles. The van der Waals surface area contributed by atoms with E-state index in [-0.39, 0.29) is 24.2 Å². The maximum absolute atomic E-state index is 12.6. The Morgan fingerprint density at radius 3 is 2.80 bits per heavy atom. The first-order chi connectivity index (χ1) is 11.5. The number of carbonyl (C=O) groups is 1. The Bertz CT molecular complexity index is 537. The summed E-state index contributed by atoms with van der Waals surface area (Å²) >= 11 is 0. The van der Waals surface area contributed by atoms with Crippen molar-refractivity contribution in [3.8, 4) is 0 Å². The minimum absolute atomic E-state index is 0. The van der Waals surface area contributed by atoms with E-state index in [0.29, 0.717) is 26.4 Å². The first-order valence-electron chi connectivity index (χ1n) is 8.87. The lowest BCUT2D eigenvalue weighted by Gasteiger charge is -2.37. The number of rotatable bonds is 8. The third kappa shape index (κ3) is 6.94. The van der Waals surface area contributed by atoms with Gasteiger partial charge in [0.25, 0.3) is 0 Å². The van der Waals surface area contributed by atoms with Crippen LogP contribution in [0.1, 0.15) is 45.1 Å². The molecule has 0 bridgehead atoms. The third-order valence-electron chi connectivity index (χ3n) is 4.61. The van der Waals surface area contributed by atoms with Crippen LogP contribution in [0.4, 0.5) is 5.69 Å². The number of anilines is 1. The maximum Gasteiger partial charge on any atom is 0.229 e. The van der Waals surface area contributed by atoms with Crippen LogP contribution in [0.15, 0.2) is 24.3 Å². The minimum atomic E-state index is -0.414. The molecule has 142 valence electrons. The van der Waals surface area contributed by atoms with E-state index in [0.717, 1.165) is 36.9 Å². The van der Waals surface area contributed by atoms with Gasteiger partial charge in [-0.05, 0) is 44.4 Å². The van der Waals surface area contributed by atoms with E-state index in [9.17, 15) is 4.79 Å². The molecule has 0 aliphatic heterocycles. The van der Waals surface area contributed by atoms with Crippen LogP contribution < -0.4 is 11.1 Å². The summed E-state index contributed by atoms with van der Waals surface area (Å²) in [5.74, 6) is -0.105. The molecule has 1 aromatic rings. The zero-order valence-electron chi connectivity index (χ0n) is 15.3. The van der Waals surface area contributed by atoms with Crippen molar-refractivity contribution < 1.29 is 14.3 Å². The quantitative estimate of drug-likeness (QED) is 0.687. The lowest BCUT2D eigenvalue weighted by Crippen LogP contribution is -2.51. The van der Waals surface area contributed by atoms with E-state index in [1.807, 2.05) is 38.1 Å². The van der Waals surface area contributed by atoms with Crippen molar-refractivity contribution in [1.29, 1.82) is 0 Å². The average Bonchev–Trinajstić information content (AvgIpc) is 2.54. The number of ether oxygens (including phenoxy) is 2. The molecule has 5 nitrogen and oxygen atoms in total. The van der Waals surface area contributed by atoms with E-state index < -0.39 is 5.54 Å². The molecule has 25 heavy (non-hydrogen) atoms. The first kappa shape index (κ1) is 21.9. The summed E-state index contributed by atoms with van der Waals surface area (Å²) in [5.41, 5.74) is 7.73. The fraction of sp³-hybridized carbons (Fsp3) is 0.632. The molecule has 2 unspecified atom stereocenters. The van der Waals surface area contributed by atoms with Gasteiger partial charge in [-0.3, -0.25) is 4.79 Å². The Kier molecular flexibility index (Phi) is 9.43. The van der Waals surface area contributed by atoms with Gasteiger partial charge in [-0.25, -0.2) is 0 Å². The molecule has 0 spiro atoms. The molecule has 1 saturated carbocycles. The number of hydrogen-bond donors (Lipinski definition) is 2. The molecule has 1 aromatic carbocycles. The van der Waals surface area contributed by atoms with E-state index in [1.54, 1.807) is 0 Å². The van der Waals surface area contributed by atoms with Crippen molar-refractivity contribution in [2.24, 2.45) is 11.7 Å². The second-order valence-electron chi connectivity index (χ2n) is 6.74. The van der Waals surface area contributed by atoms with Gasteiger partial charge in [0.05, 0.1) is 25.7 Å². The van der Waals surface area contributed by atoms with Crippen LogP contribution in [0.3, 0.4) is 0 Å². The molecular weight excluding hydrogens is 340 g/mol. The first-order valence-corrected chi connectivity index (χ1v) is 8.87. The maximum atomic E-state index is 12.6. The Balaban J connectivity index is 0.00000312. The van der Waals surface area contributed by atoms with Crippen LogP contribution >= 0.6 is 12.4 Å². The lowest BCUT2D eigenvalue weighted by molar-refractivity contribution is -0.122. The molecular formula is C19H31ClN2O3. The van der Waals surface area contributed by atoms with Crippen molar-refractivity contribution in [2.75, 3.05) is 25.1 Å². The SMILES string of the molecule is CCOCCOCc1cccc(NC(=O)C2CCCCC2(C)N)c1.Cl. The van der Waals surface area contributed by atoms with Crippen molar-refractivity contribution in [1.82, 2.24) is 0 Å². The van der Waals surface area contributed by atoms with Crippen LogP contribution in [0, 0.1) is 5.92 Å². The highest BCUT2D eigenvalue weighted by atomic mass is 35.5. The summed E-state index contributed by atoms with van der Waals surface area (Å²) in [6.45, 7) is 6.33. The highest BCUT2D eigenvalue weighted by Crippen LogP contribution is 2.32. The Morgan fingerprint density at radius 1 is 1.32 bits per heavy atom. The highest BCUT2D eigenvalue weighted by molar-refractivity contribution is 5.93. The fourth-order valence-electron chi connectivity index (χ4n) is 3.21. The molecule has 0 radical (unpaired) electrons. The Labute approximate surface area is 157 Å². The van der Waals surface area contributed by atoms with Crippen LogP contribution in [0.25, 0.3) is 0 Å². The highest BCUT2D eigenvalue weighted by Gasteiger charge is 2.37. The number of benzene rings is 1. The van der Waals surface area contributed by atoms with Gasteiger partial charge < -0.3 is 20.5 Å². The molecule has 2 atom stereocenters. The summed E-state index contributed by atoms with van der Waals surface area (Å²) < 4.78 is 10.8. The normalized spacial score (nSPS) is 22.9. The fourth-order valence-corrected chi connectivity index (χ4v) is 3.21. The van der Waals surface area contributed by atoms with Crippen LogP contribution in [-0.2, 0) is 20.9 Å². The van der Waals surface area contributed by atoms with E-state index in [1.165, 1.54) is 0 Å². The van der Waals surface area contributed by atoms with Gasteiger partial charge in [-0.2, -0.15) is 0 Å². The molecule has 2 rings (SSSR count). The molecule has 1 amide bonds. The molecule has 0 saturated heterocycles. The Hall–Kier alpha value is -1.14. The lowest BCUT2D eigenvalue weighted by atomic mass is 9.74. The standard InChI is InChI=1S/C19H30N2O3.ClH/c1-3-23-11-12-24-14-15-7-6-8-16(13-15)21-18(22)17-9-4-5-10-19(17,2)20;/h6-8,13,17H,3-5,9-12,14,20H2,1-2H3,(H,21,22);1H. The van der Waals surface area contributed by atoms with Crippen LogP contribution in [-0.4, -0.2) is 31.3 Å². The molecule has 0 heterocycles. The summed E-state index contributed by atoms with van der Waals surface area (Å²) in [7, 11) is 0. The molecule has 6 heteroatoms. The van der Waals surface area contributed by atoms with E-state index in [4.69, 9.17) is 15.2 Å². The topological polar surface area (TPSA) is 73.6 Å². The summed E-state index contributed by atoms with van der Waals surface area (Å²) in [6, 6.07) is 7.77. The monoisotopic (exact) mass is 370 g/mol. The predicted octanol–water partition coefficient (Wildman–Crippen LogP) is 3.51. The van der Waals surface area contributed by atoms with Gasteiger partial charge in [0.2, 0.25) is 5.91 Å². The second-order valence-corrected chi connectivity index (χ2v) is 6.74. The summed E-state index contributed by atoms with van der Waals surface area (Å²) in [6.07, 6.45) is 3.93. The number of nitrogens with one attached hydrogen (secondary N) is 1. The average molecular weight is 371 g/mol. The summed E-state index contributed by atoms with van der Waals surface area (Å²) in [5, 5.41) is 3.02. The van der Waals surface area contributed by atoms with Gasteiger partial charge in [0.1, 0.15) is 0 Å². The van der Waals surface area contributed by atoms with Crippen molar-refractivity contribution in [3.63, 3.8) is 0 Å². The number of carbonyl (C=O) groups excluding carboxylic acids is 1. The van der Waals surface area contributed by atoms with Crippen molar-refractivity contribution in [2.45, 2.75) is 51.7 Å². The van der Waals surface area contributed by atoms with Crippen LogP contribution in [0.5, 0.6) is 0 Å². The smallest absolute Gasteiger partial charge is 0.229 e. The molecule has 3 N–H and O–H groups in total.